The standard InChI is InChI=1S/C10H11N3O5/c1-3-6-18-11(2)9-5-4-8(12(14)15)7-10(9)13(16)17/h3-5,7H,1,6H2,2H3. The average Bonchev–Trinajstić information content (AvgIpc) is 2.34. The Balaban J connectivity index is 3.14. The van der Waals surface area contributed by atoms with E-state index in [9.17, 15) is 20.2 Å². The molecule has 0 heterocycles. The van der Waals surface area contributed by atoms with E-state index < -0.39 is 15.5 Å². The van der Waals surface area contributed by atoms with Gasteiger partial charge in [-0.3, -0.25) is 25.1 Å². The maximum absolute atomic E-state index is 10.9. The van der Waals surface area contributed by atoms with Crippen LogP contribution in [0, 0.1) is 20.2 Å². The van der Waals surface area contributed by atoms with Crippen LogP contribution in [0.5, 0.6) is 0 Å². The zero-order chi connectivity index (χ0) is 13.7. The molecule has 0 N–H and O–H groups in total. The van der Waals surface area contributed by atoms with Crippen LogP contribution < -0.4 is 5.06 Å². The van der Waals surface area contributed by atoms with Gasteiger partial charge in [0.2, 0.25) is 0 Å². The van der Waals surface area contributed by atoms with Crippen molar-refractivity contribution in [1.29, 1.82) is 0 Å². The number of benzene rings is 1. The Morgan fingerprint density at radius 2 is 2.06 bits per heavy atom. The lowest BCUT2D eigenvalue weighted by Gasteiger charge is -2.17. The maximum atomic E-state index is 10.9. The van der Waals surface area contributed by atoms with Crippen molar-refractivity contribution in [2.45, 2.75) is 0 Å². The molecule has 8 nitrogen and oxygen atoms in total. The highest BCUT2D eigenvalue weighted by atomic mass is 16.7. The second-order valence-corrected chi connectivity index (χ2v) is 3.27. The van der Waals surface area contributed by atoms with E-state index in [1.807, 2.05) is 0 Å². The first-order valence-corrected chi connectivity index (χ1v) is 4.87. The number of nitro groups is 2. The van der Waals surface area contributed by atoms with E-state index >= 15 is 0 Å². The summed E-state index contributed by atoms with van der Waals surface area (Å²) in [6.07, 6.45) is 1.48. The molecule has 1 aromatic rings. The van der Waals surface area contributed by atoms with Crippen LogP contribution in [-0.2, 0) is 4.84 Å². The van der Waals surface area contributed by atoms with Crippen molar-refractivity contribution in [2.75, 3.05) is 18.7 Å². The molecule has 0 saturated heterocycles. The summed E-state index contributed by atoms with van der Waals surface area (Å²) in [6, 6.07) is 3.33. The molecule has 0 saturated carbocycles. The fraction of sp³-hybridized carbons (Fsp3) is 0.200. The van der Waals surface area contributed by atoms with Gasteiger partial charge in [0, 0.05) is 13.1 Å². The Hall–Kier alpha value is -2.48. The summed E-state index contributed by atoms with van der Waals surface area (Å²) in [7, 11) is 1.47. The molecule has 0 unspecified atom stereocenters. The summed E-state index contributed by atoms with van der Waals surface area (Å²) in [5, 5.41) is 22.6. The third-order valence-corrected chi connectivity index (χ3v) is 2.09. The van der Waals surface area contributed by atoms with Gasteiger partial charge in [0.25, 0.3) is 5.69 Å². The summed E-state index contributed by atoms with van der Waals surface area (Å²) < 4.78 is 0. The van der Waals surface area contributed by atoms with Gasteiger partial charge in [-0.15, -0.1) is 6.58 Å². The first-order valence-electron chi connectivity index (χ1n) is 4.87. The highest BCUT2D eigenvalue weighted by molar-refractivity contribution is 5.65. The lowest BCUT2D eigenvalue weighted by Crippen LogP contribution is -2.19. The molecule has 0 amide bonds. The largest absolute Gasteiger partial charge is 0.301 e. The summed E-state index contributed by atoms with van der Waals surface area (Å²) in [6.45, 7) is 3.62. The van der Waals surface area contributed by atoms with Gasteiger partial charge in [0.1, 0.15) is 5.69 Å². The minimum absolute atomic E-state index is 0.132. The van der Waals surface area contributed by atoms with E-state index in [4.69, 9.17) is 4.84 Å². The predicted octanol–water partition coefficient (Wildman–Crippen LogP) is 2.06. The third kappa shape index (κ3) is 3.01. The van der Waals surface area contributed by atoms with Crippen molar-refractivity contribution in [3.63, 3.8) is 0 Å². The minimum Gasteiger partial charge on any atom is -0.269 e. The first kappa shape index (κ1) is 13.6. The normalized spacial score (nSPS) is 9.83. The van der Waals surface area contributed by atoms with Crippen LogP contribution in [0.2, 0.25) is 0 Å². The molecule has 0 aliphatic rings. The van der Waals surface area contributed by atoms with E-state index in [-0.39, 0.29) is 18.0 Å². The van der Waals surface area contributed by atoms with Crippen LogP contribution in [0.1, 0.15) is 0 Å². The van der Waals surface area contributed by atoms with Gasteiger partial charge < -0.3 is 0 Å². The van der Waals surface area contributed by atoms with Crippen molar-refractivity contribution >= 4 is 17.1 Å². The predicted molar refractivity (Wildman–Crippen MR) is 64.3 cm³/mol. The van der Waals surface area contributed by atoms with Gasteiger partial charge >= 0.3 is 5.69 Å². The number of non-ortho nitro benzene ring substituents is 1. The highest BCUT2D eigenvalue weighted by Crippen LogP contribution is 2.31. The lowest BCUT2D eigenvalue weighted by atomic mass is 10.2. The monoisotopic (exact) mass is 253 g/mol. The van der Waals surface area contributed by atoms with Crippen molar-refractivity contribution in [2.24, 2.45) is 0 Å². The van der Waals surface area contributed by atoms with Crippen molar-refractivity contribution < 1.29 is 14.7 Å². The molecule has 96 valence electrons. The Bertz CT molecular complexity index is 488. The molecule has 18 heavy (non-hydrogen) atoms. The Morgan fingerprint density at radius 3 is 2.56 bits per heavy atom. The molecule has 1 aromatic carbocycles. The quantitative estimate of drug-likeness (QED) is 0.437. The Labute approximate surface area is 102 Å². The molecule has 1 rings (SSSR count). The fourth-order valence-electron chi connectivity index (χ4n) is 1.27. The number of nitro benzene ring substituents is 2. The van der Waals surface area contributed by atoms with Crippen LogP contribution >= 0.6 is 0 Å². The van der Waals surface area contributed by atoms with E-state index in [2.05, 4.69) is 6.58 Å². The second kappa shape index (κ2) is 5.73. The molecule has 0 aromatic heterocycles. The summed E-state index contributed by atoms with van der Waals surface area (Å²) in [5.41, 5.74) is -0.606. The topological polar surface area (TPSA) is 98.8 Å². The van der Waals surface area contributed by atoms with Crippen LogP contribution in [0.15, 0.2) is 30.9 Å². The van der Waals surface area contributed by atoms with Gasteiger partial charge in [0.15, 0.2) is 0 Å². The smallest absolute Gasteiger partial charge is 0.269 e. The number of anilines is 1. The number of rotatable bonds is 6. The number of hydrogen-bond donors (Lipinski definition) is 0. The average molecular weight is 253 g/mol. The van der Waals surface area contributed by atoms with E-state index in [1.165, 1.54) is 30.3 Å². The molecule has 0 spiro atoms. The molecular weight excluding hydrogens is 242 g/mol. The van der Waals surface area contributed by atoms with E-state index in [0.717, 1.165) is 6.07 Å². The Morgan fingerprint density at radius 1 is 1.39 bits per heavy atom. The zero-order valence-corrected chi connectivity index (χ0v) is 9.61. The number of hydroxylamine groups is 1. The fourth-order valence-corrected chi connectivity index (χ4v) is 1.27. The molecule has 0 atom stereocenters. The SMILES string of the molecule is C=CCON(C)c1ccc([N+](=O)[O-])cc1[N+](=O)[O-]. The van der Waals surface area contributed by atoms with Crippen LogP contribution in [0.3, 0.4) is 0 Å². The third-order valence-electron chi connectivity index (χ3n) is 2.09. The summed E-state index contributed by atoms with van der Waals surface area (Å²) in [4.78, 5) is 25.1. The molecule has 0 fully saturated rings. The maximum Gasteiger partial charge on any atom is 0.301 e. The van der Waals surface area contributed by atoms with Crippen molar-refractivity contribution in [1.82, 2.24) is 0 Å². The van der Waals surface area contributed by atoms with Crippen molar-refractivity contribution in [3.8, 4) is 0 Å². The molecule has 0 aliphatic heterocycles. The van der Waals surface area contributed by atoms with E-state index in [1.54, 1.807) is 0 Å². The van der Waals surface area contributed by atoms with E-state index in [0.29, 0.717) is 0 Å². The highest BCUT2D eigenvalue weighted by Gasteiger charge is 2.22. The van der Waals surface area contributed by atoms with Gasteiger partial charge in [0.05, 0.1) is 22.5 Å². The minimum atomic E-state index is -0.698. The van der Waals surface area contributed by atoms with Gasteiger partial charge in [-0.05, 0) is 6.07 Å². The molecule has 0 bridgehead atoms. The molecular formula is C10H11N3O5. The number of nitrogens with zero attached hydrogens (tertiary/aromatic N) is 3. The van der Waals surface area contributed by atoms with Gasteiger partial charge in [-0.1, -0.05) is 6.08 Å². The van der Waals surface area contributed by atoms with Crippen molar-refractivity contribution in [3.05, 3.63) is 51.1 Å². The summed E-state index contributed by atoms with van der Waals surface area (Å²) >= 11 is 0. The first-order chi connectivity index (χ1) is 8.47. The van der Waals surface area contributed by atoms with Gasteiger partial charge in [-0.25, -0.2) is 5.06 Å². The second-order valence-electron chi connectivity index (χ2n) is 3.27. The van der Waals surface area contributed by atoms with Crippen LogP contribution in [-0.4, -0.2) is 23.5 Å². The number of hydrogen-bond acceptors (Lipinski definition) is 6. The lowest BCUT2D eigenvalue weighted by molar-refractivity contribution is -0.393. The van der Waals surface area contributed by atoms with Gasteiger partial charge in [-0.2, -0.15) is 0 Å². The van der Waals surface area contributed by atoms with Crippen LogP contribution in [0.25, 0.3) is 0 Å². The zero-order valence-electron chi connectivity index (χ0n) is 9.61. The molecule has 0 aliphatic carbocycles. The summed E-state index contributed by atoms with van der Waals surface area (Å²) in [5.74, 6) is 0. The molecule has 0 radical (unpaired) electrons. The molecule has 8 heteroatoms. The Kier molecular flexibility index (Phi) is 4.33. The van der Waals surface area contributed by atoms with Crippen LogP contribution in [0.4, 0.5) is 17.1 Å².